The average Bonchev–Trinajstić information content (AvgIpc) is 2.91. The van der Waals surface area contributed by atoms with Gasteiger partial charge in [0.15, 0.2) is 0 Å². The minimum Gasteiger partial charge on any atom is -0.481 e. The molecule has 2 aliphatic rings. The van der Waals surface area contributed by atoms with Crippen LogP contribution in [-0.4, -0.2) is 44.3 Å². The van der Waals surface area contributed by atoms with Crippen LogP contribution in [-0.2, 0) is 13.1 Å². The summed E-state index contributed by atoms with van der Waals surface area (Å²) in [6.07, 6.45) is 5.25. The molecule has 0 bridgehead atoms. The van der Waals surface area contributed by atoms with Crippen molar-refractivity contribution in [2.75, 3.05) is 13.7 Å². The van der Waals surface area contributed by atoms with E-state index in [1.54, 1.807) is 18.3 Å². The van der Waals surface area contributed by atoms with E-state index in [-0.39, 0.29) is 5.91 Å². The first-order valence-corrected chi connectivity index (χ1v) is 9.19. The number of methoxy groups -OCH3 is 1. The van der Waals surface area contributed by atoms with Crippen molar-refractivity contribution in [3.05, 3.63) is 41.3 Å². The van der Waals surface area contributed by atoms with E-state index in [0.29, 0.717) is 30.5 Å². The highest BCUT2D eigenvalue weighted by Gasteiger charge is 2.30. The number of hydrogen-bond acceptors (Lipinski definition) is 5. The SMILES string of the molecule is COc1cc(C(=O)N2CCCn3nc(C(O)C4CCC4)cc3C2)ccn1. The molecule has 1 aliphatic carbocycles. The Morgan fingerprint density at radius 3 is 2.88 bits per heavy atom. The fraction of sp³-hybridized carbons (Fsp3) is 0.526. The van der Waals surface area contributed by atoms with Crippen molar-refractivity contribution >= 4 is 5.91 Å². The first-order valence-electron chi connectivity index (χ1n) is 9.19. The maximum atomic E-state index is 12.9. The lowest BCUT2D eigenvalue weighted by Crippen LogP contribution is -2.30. The molecule has 0 saturated heterocycles. The maximum Gasteiger partial charge on any atom is 0.254 e. The Bertz CT molecular complexity index is 800. The lowest BCUT2D eigenvalue weighted by atomic mass is 9.80. The summed E-state index contributed by atoms with van der Waals surface area (Å²) < 4.78 is 7.06. The molecule has 1 N–H and O–H groups in total. The van der Waals surface area contributed by atoms with Crippen molar-refractivity contribution in [3.63, 3.8) is 0 Å². The summed E-state index contributed by atoms with van der Waals surface area (Å²) in [4.78, 5) is 18.8. The predicted molar refractivity (Wildman–Crippen MR) is 94.7 cm³/mol. The van der Waals surface area contributed by atoms with E-state index in [2.05, 4.69) is 10.1 Å². The Morgan fingerprint density at radius 1 is 1.31 bits per heavy atom. The molecule has 1 fully saturated rings. The molecule has 2 aromatic heterocycles. The first-order chi connectivity index (χ1) is 12.7. The van der Waals surface area contributed by atoms with E-state index in [0.717, 1.165) is 37.2 Å². The van der Waals surface area contributed by atoms with Gasteiger partial charge in [-0.05, 0) is 37.3 Å². The summed E-state index contributed by atoms with van der Waals surface area (Å²) in [5.41, 5.74) is 2.29. The van der Waals surface area contributed by atoms with E-state index in [1.807, 2.05) is 15.6 Å². The van der Waals surface area contributed by atoms with Gasteiger partial charge >= 0.3 is 0 Å². The maximum absolute atomic E-state index is 12.9. The van der Waals surface area contributed by atoms with Crippen LogP contribution in [0.4, 0.5) is 0 Å². The molecule has 26 heavy (non-hydrogen) atoms. The van der Waals surface area contributed by atoms with Crippen LogP contribution < -0.4 is 4.74 Å². The fourth-order valence-electron chi connectivity index (χ4n) is 3.64. The molecule has 3 heterocycles. The summed E-state index contributed by atoms with van der Waals surface area (Å²) >= 11 is 0. The summed E-state index contributed by atoms with van der Waals surface area (Å²) in [5, 5.41) is 15.1. The number of aromatic nitrogens is 3. The molecule has 1 saturated carbocycles. The Morgan fingerprint density at radius 2 is 2.15 bits per heavy atom. The van der Waals surface area contributed by atoms with Gasteiger partial charge in [-0.2, -0.15) is 5.10 Å². The van der Waals surface area contributed by atoms with E-state index >= 15 is 0 Å². The smallest absolute Gasteiger partial charge is 0.254 e. The lowest BCUT2D eigenvalue weighted by Gasteiger charge is -2.29. The van der Waals surface area contributed by atoms with Crippen LogP contribution in [0.5, 0.6) is 5.88 Å². The third-order valence-electron chi connectivity index (χ3n) is 5.41. The van der Waals surface area contributed by atoms with Crippen LogP contribution in [0.3, 0.4) is 0 Å². The molecule has 0 aromatic carbocycles. The molecular weight excluding hydrogens is 332 g/mol. The van der Waals surface area contributed by atoms with Crippen LogP contribution in [0.25, 0.3) is 0 Å². The predicted octanol–water partition coefficient (Wildman–Crippen LogP) is 2.17. The second kappa shape index (κ2) is 7.07. The highest BCUT2D eigenvalue weighted by Crippen LogP contribution is 2.37. The third kappa shape index (κ3) is 3.19. The molecule has 1 unspecified atom stereocenters. The summed E-state index contributed by atoms with van der Waals surface area (Å²) in [5.74, 6) is 0.722. The monoisotopic (exact) mass is 356 g/mol. The summed E-state index contributed by atoms with van der Waals surface area (Å²) in [6.45, 7) is 1.93. The highest BCUT2D eigenvalue weighted by molar-refractivity contribution is 5.94. The normalized spacial score (nSPS) is 18.6. The number of rotatable bonds is 4. The van der Waals surface area contributed by atoms with Crippen LogP contribution in [0.1, 0.15) is 53.5 Å². The van der Waals surface area contributed by atoms with Gasteiger partial charge in [-0.3, -0.25) is 9.48 Å². The molecule has 7 heteroatoms. The van der Waals surface area contributed by atoms with E-state index in [9.17, 15) is 9.90 Å². The number of hydrogen-bond donors (Lipinski definition) is 1. The Hall–Kier alpha value is -2.41. The molecule has 138 valence electrons. The zero-order chi connectivity index (χ0) is 18.1. The number of aliphatic hydroxyl groups excluding tert-OH is 1. The Labute approximate surface area is 152 Å². The van der Waals surface area contributed by atoms with Crippen LogP contribution in [0.2, 0.25) is 0 Å². The molecule has 7 nitrogen and oxygen atoms in total. The Kier molecular flexibility index (Phi) is 4.63. The van der Waals surface area contributed by atoms with Gasteiger partial charge in [-0.1, -0.05) is 6.42 Å². The van der Waals surface area contributed by atoms with Crippen molar-refractivity contribution in [2.24, 2.45) is 5.92 Å². The van der Waals surface area contributed by atoms with E-state index < -0.39 is 6.10 Å². The third-order valence-corrected chi connectivity index (χ3v) is 5.41. The van der Waals surface area contributed by atoms with Gasteiger partial charge in [-0.25, -0.2) is 4.98 Å². The minimum absolute atomic E-state index is 0.0403. The molecular formula is C19H24N4O3. The van der Waals surface area contributed by atoms with Crippen molar-refractivity contribution < 1.29 is 14.6 Å². The van der Waals surface area contributed by atoms with Crippen LogP contribution in [0, 0.1) is 5.92 Å². The van der Waals surface area contributed by atoms with Gasteiger partial charge in [0.25, 0.3) is 5.91 Å². The highest BCUT2D eigenvalue weighted by atomic mass is 16.5. The largest absolute Gasteiger partial charge is 0.481 e. The molecule has 0 spiro atoms. The van der Waals surface area contributed by atoms with Crippen molar-refractivity contribution in [1.82, 2.24) is 19.7 Å². The molecule has 1 aliphatic heterocycles. The topological polar surface area (TPSA) is 80.5 Å². The fourth-order valence-corrected chi connectivity index (χ4v) is 3.64. The molecule has 1 amide bonds. The van der Waals surface area contributed by atoms with Gasteiger partial charge in [0.05, 0.1) is 25.0 Å². The lowest BCUT2D eigenvalue weighted by molar-refractivity contribution is 0.0580. The van der Waals surface area contributed by atoms with Crippen molar-refractivity contribution in [2.45, 2.75) is 44.9 Å². The zero-order valence-electron chi connectivity index (χ0n) is 15.0. The first kappa shape index (κ1) is 17.0. The number of aryl methyl sites for hydroxylation is 1. The van der Waals surface area contributed by atoms with Gasteiger partial charge in [0, 0.05) is 30.9 Å². The number of fused-ring (bicyclic) bond motifs is 1. The quantitative estimate of drug-likeness (QED) is 0.908. The summed E-state index contributed by atoms with van der Waals surface area (Å²) in [6, 6.07) is 5.33. The number of nitrogens with zero attached hydrogens (tertiary/aromatic N) is 4. The van der Waals surface area contributed by atoms with Crippen molar-refractivity contribution in [3.8, 4) is 5.88 Å². The number of pyridine rings is 1. The van der Waals surface area contributed by atoms with E-state index in [4.69, 9.17) is 4.74 Å². The minimum atomic E-state index is -0.489. The number of aliphatic hydroxyl groups is 1. The second-order valence-electron chi connectivity index (χ2n) is 7.09. The van der Waals surface area contributed by atoms with Gasteiger partial charge in [-0.15, -0.1) is 0 Å². The van der Waals surface area contributed by atoms with Gasteiger partial charge in [0.2, 0.25) is 5.88 Å². The molecule has 0 radical (unpaired) electrons. The number of carbonyl (C=O) groups is 1. The number of ether oxygens (including phenoxy) is 1. The number of amides is 1. The zero-order valence-corrected chi connectivity index (χ0v) is 15.0. The average molecular weight is 356 g/mol. The summed E-state index contributed by atoms with van der Waals surface area (Å²) in [7, 11) is 1.54. The van der Waals surface area contributed by atoms with E-state index in [1.165, 1.54) is 13.5 Å². The second-order valence-corrected chi connectivity index (χ2v) is 7.09. The van der Waals surface area contributed by atoms with Crippen LogP contribution >= 0.6 is 0 Å². The number of carbonyl (C=O) groups excluding carboxylic acids is 1. The Balaban J connectivity index is 1.53. The van der Waals surface area contributed by atoms with Crippen LogP contribution in [0.15, 0.2) is 24.4 Å². The van der Waals surface area contributed by atoms with Gasteiger partial charge in [0.1, 0.15) is 6.10 Å². The van der Waals surface area contributed by atoms with Crippen molar-refractivity contribution in [1.29, 1.82) is 0 Å². The van der Waals surface area contributed by atoms with Gasteiger partial charge < -0.3 is 14.7 Å². The molecule has 4 rings (SSSR count). The molecule has 2 aromatic rings. The molecule has 1 atom stereocenters. The standard InChI is InChI=1S/C19H24N4O3/c1-26-17-10-14(6-7-20-17)19(25)22-8-3-9-23-15(12-22)11-16(21-23)18(24)13-4-2-5-13/h6-7,10-11,13,18,24H,2-5,8-9,12H2,1H3.